The molecule has 1 aromatic heterocycles. The molecule has 0 aliphatic rings. The van der Waals surface area contributed by atoms with E-state index in [0.29, 0.717) is 0 Å². The fourth-order valence-corrected chi connectivity index (χ4v) is 1.65. The highest BCUT2D eigenvalue weighted by Crippen LogP contribution is 2.18. The number of esters is 1. The van der Waals surface area contributed by atoms with Gasteiger partial charge in [-0.15, -0.1) is 0 Å². The maximum Gasteiger partial charge on any atom is 0.340 e. The molecule has 1 amide bonds. The molecule has 0 bridgehead atoms. The second-order valence-corrected chi connectivity index (χ2v) is 4.08. The Balaban J connectivity index is 2.30. The Labute approximate surface area is 118 Å². The monoisotopic (exact) mass is 290 g/mol. The summed E-state index contributed by atoms with van der Waals surface area (Å²) in [7, 11) is 1.15. The molecule has 0 aliphatic heterocycles. The molecule has 0 atom stereocenters. The van der Waals surface area contributed by atoms with E-state index in [-0.39, 0.29) is 22.4 Å². The quantitative estimate of drug-likeness (QED) is 0.839. The van der Waals surface area contributed by atoms with Gasteiger partial charge in [-0.05, 0) is 24.3 Å². The maximum absolute atomic E-state index is 13.2. The molecule has 0 saturated carbocycles. The van der Waals surface area contributed by atoms with Crippen LogP contribution in [-0.2, 0) is 4.74 Å². The number of halogens is 1. The number of aromatic amines is 1. The summed E-state index contributed by atoms with van der Waals surface area (Å²) in [4.78, 5) is 36.8. The van der Waals surface area contributed by atoms with Crippen molar-refractivity contribution < 1.29 is 18.7 Å². The zero-order valence-electron chi connectivity index (χ0n) is 11.0. The third kappa shape index (κ3) is 3.33. The lowest BCUT2D eigenvalue weighted by Gasteiger charge is -2.09. The Morgan fingerprint density at radius 3 is 2.62 bits per heavy atom. The van der Waals surface area contributed by atoms with Gasteiger partial charge in [0.05, 0.1) is 23.9 Å². The van der Waals surface area contributed by atoms with Gasteiger partial charge in [0, 0.05) is 12.3 Å². The van der Waals surface area contributed by atoms with Crippen LogP contribution in [0.1, 0.15) is 20.7 Å². The van der Waals surface area contributed by atoms with Gasteiger partial charge in [0.25, 0.3) is 5.91 Å². The number of rotatable bonds is 3. The van der Waals surface area contributed by atoms with Crippen molar-refractivity contribution in [3.05, 3.63) is 63.8 Å². The Morgan fingerprint density at radius 1 is 1.24 bits per heavy atom. The lowest BCUT2D eigenvalue weighted by Crippen LogP contribution is -2.17. The number of hydrogen-bond acceptors (Lipinski definition) is 4. The average Bonchev–Trinajstić information content (AvgIpc) is 2.48. The first-order valence-corrected chi connectivity index (χ1v) is 5.89. The van der Waals surface area contributed by atoms with Crippen molar-refractivity contribution in [1.29, 1.82) is 0 Å². The van der Waals surface area contributed by atoms with Gasteiger partial charge in [0.15, 0.2) is 0 Å². The summed E-state index contributed by atoms with van der Waals surface area (Å²) in [6, 6.07) is 5.85. The van der Waals surface area contributed by atoms with Crippen LogP contribution < -0.4 is 10.9 Å². The van der Waals surface area contributed by atoms with Crippen LogP contribution in [0, 0.1) is 5.82 Å². The normalized spacial score (nSPS) is 10.0. The number of H-pyrrole nitrogens is 1. The Kier molecular flexibility index (Phi) is 4.13. The predicted molar refractivity (Wildman–Crippen MR) is 72.8 cm³/mol. The summed E-state index contributed by atoms with van der Waals surface area (Å²) in [5.74, 6) is -1.95. The van der Waals surface area contributed by atoms with Crippen molar-refractivity contribution in [2.24, 2.45) is 0 Å². The molecule has 0 radical (unpaired) electrons. The van der Waals surface area contributed by atoms with Crippen molar-refractivity contribution >= 4 is 17.6 Å². The minimum atomic E-state index is -0.772. The molecule has 108 valence electrons. The Bertz CT molecular complexity index is 734. The van der Waals surface area contributed by atoms with Crippen LogP contribution in [0.15, 0.2) is 41.3 Å². The number of pyridine rings is 1. The number of carbonyl (C=O) groups excluding carboxylic acids is 2. The number of nitrogens with one attached hydrogen (secondary N) is 2. The Hall–Kier alpha value is -2.96. The lowest BCUT2D eigenvalue weighted by atomic mass is 10.1. The number of hydrogen-bond donors (Lipinski definition) is 2. The fraction of sp³-hybridized carbons (Fsp3) is 0.0714. The fourth-order valence-electron chi connectivity index (χ4n) is 1.65. The third-order valence-electron chi connectivity index (χ3n) is 2.68. The number of methoxy groups -OCH3 is 1. The average molecular weight is 290 g/mol. The van der Waals surface area contributed by atoms with E-state index in [2.05, 4.69) is 15.0 Å². The predicted octanol–water partition coefficient (Wildman–Crippen LogP) is 1.55. The molecule has 2 aromatic rings. The number of benzene rings is 1. The molecule has 0 spiro atoms. The zero-order valence-corrected chi connectivity index (χ0v) is 11.0. The van der Waals surface area contributed by atoms with E-state index < -0.39 is 17.7 Å². The van der Waals surface area contributed by atoms with Crippen molar-refractivity contribution in [2.75, 3.05) is 12.4 Å². The highest BCUT2D eigenvalue weighted by Gasteiger charge is 2.16. The van der Waals surface area contributed by atoms with Crippen molar-refractivity contribution in [2.45, 2.75) is 0 Å². The molecule has 1 heterocycles. The first-order valence-electron chi connectivity index (χ1n) is 5.89. The van der Waals surface area contributed by atoms with Gasteiger partial charge in [-0.1, -0.05) is 0 Å². The third-order valence-corrected chi connectivity index (χ3v) is 2.68. The van der Waals surface area contributed by atoms with E-state index in [4.69, 9.17) is 0 Å². The maximum atomic E-state index is 13.2. The van der Waals surface area contributed by atoms with E-state index in [1.54, 1.807) is 0 Å². The van der Waals surface area contributed by atoms with E-state index >= 15 is 0 Å². The zero-order chi connectivity index (χ0) is 15.4. The molecular formula is C14H11FN2O4. The number of amides is 1. The molecule has 2 rings (SSSR count). The van der Waals surface area contributed by atoms with Crippen molar-refractivity contribution in [3.63, 3.8) is 0 Å². The molecule has 0 fully saturated rings. The second-order valence-electron chi connectivity index (χ2n) is 4.08. The van der Waals surface area contributed by atoms with Crippen LogP contribution in [0.25, 0.3) is 0 Å². The SMILES string of the molecule is COC(=O)c1cc(F)ccc1NC(=O)c1ccc(=O)[nH]c1. The summed E-state index contributed by atoms with van der Waals surface area (Å²) in [6.45, 7) is 0. The molecule has 0 aliphatic carbocycles. The van der Waals surface area contributed by atoms with E-state index in [9.17, 15) is 18.8 Å². The second kappa shape index (κ2) is 6.00. The number of ether oxygens (including phenoxy) is 1. The van der Waals surface area contributed by atoms with Gasteiger partial charge in [-0.3, -0.25) is 9.59 Å². The van der Waals surface area contributed by atoms with Gasteiger partial charge < -0.3 is 15.0 Å². The molecule has 21 heavy (non-hydrogen) atoms. The van der Waals surface area contributed by atoms with Crippen molar-refractivity contribution in [1.82, 2.24) is 4.98 Å². The first-order chi connectivity index (χ1) is 10.0. The molecule has 0 saturated heterocycles. The molecule has 0 unspecified atom stereocenters. The minimum Gasteiger partial charge on any atom is -0.465 e. The van der Waals surface area contributed by atoms with Gasteiger partial charge in [-0.25, -0.2) is 9.18 Å². The van der Waals surface area contributed by atoms with Gasteiger partial charge in [0.1, 0.15) is 5.82 Å². The van der Waals surface area contributed by atoms with Crippen LogP contribution in [-0.4, -0.2) is 24.0 Å². The summed E-state index contributed by atoms with van der Waals surface area (Å²) in [5, 5.41) is 2.46. The number of aromatic nitrogens is 1. The van der Waals surface area contributed by atoms with Gasteiger partial charge in [-0.2, -0.15) is 0 Å². The summed E-state index contributed by atoms with van der Waals surface area (Å²) in [6.07, 6.45) is 1.24. The first kappa shape index (κ1) is 14.4. The molecule has 2 N–H and O–H groups in total. The minimum absolute atomic E-state index is 0.102. The van der Waals surface area contributed by atoms with Gasteiger partial charge in [0.2, 0.25) is 5.56 Å². The summed E-state index contributed by atoms with van der Waals surface area (Å²) >= 11 is 0. The van der Waals surface area contributed by atoms with Crippen LogP contribution in [0.3, 0.4) is 0 Å². The summed E-state index contributed by atoms with van der Waals surface area (Å²) in [5.41, 5.74) is -0.145. The van der Waals surface area contributed by atoms with Crippen LogP contribution >= 0.6 is 0 Å². The topological polar surface area (TPSA) is 88.3 Å². The molecular weight excluding hydrogens is 279 g/mol. The largest absolute Gasteiger partial charge is 0.465 e. The van der Waals surface area contributed by atoms with Crippen LogP contribution in [0.2, 0.25) is 0 Å². The van der Waals surface area contributed by atoms with Crippen LogP contribution in [0.5, 0.6) is 0 Å². The highest BCUT2D eigenvalue weighted by atomic mass is 19.1. The van der Waals surface area contributed by atoms with Gasteiger partial charge >= 0.3 is 5.97 Å². The van der Waals surface area contributed by atoms with E-state index in [1.807, 2.05) is 0 Å². The Morgan fingerprint density at radius 2 is 2.00 bits per heavy atom. The number of carbonyl (C=O) groups is 2. The van der Waals surface area contributed by atoms with E-state index in [0.717, 1.165) is 19.2 Å². The lowest BCUT2D eigenvalue weighted by molar-refractivity contribution is 0.0601. The molecule has 6 nitrogen and oxygen atoms in total. The van der Waals surface area contributed by atoms with Crippen LogP contribution in [0.4, 0.5) is 10.1 Å². The smallest absolute Gasteiger partial charge is 0.340 e. The standard InChI is InChI=1S/C14H11FN2O4/c1-21-14(20)10-6-9(15)3-4-11(10)17-13(19)8-2-5-12(18)16-7-8/h2-7H,1H3,(H,16,18)(H,17,19). The molecule has 1 aromatic carbocycles. The highest BCUT2D eigenvalue weighted by molar-refractivity contribution is 6.07. The number of anilines is 1. The van der Waals surface area contributed by atoms with E-state index in [1.165, 1.54) is 24.4 Å². The van der Waals surface area contributed by atoms with Crippen molar-refractivity contribution in [3.8, 4) is 0 Å². The molecule has 7 heteroatoms. The summed E-state index contributed by atoms with van der Waals surface area (Å²) < 4.78 is 17.7.